The minimum Gasteiger partial charge on any atom is -0.466 e. The summed E-state index contributed by atoms with van der Waals surface area (Å²) in [5.41, 5.74) is 0.0804. The summed E-state index contributed by atoms with van der Waals surface area (Å²) in [5.74, 6) is -2.12. The molecule has 2 amide bonds. The van der Waals surface area contributed by atoms with Crippen LogP contribution < -0.4 is 10.6 Å². The zero-order valence-corrected chi connectivity index (χ0v) is 12.7. The second-order valence-electron chi connectivity index (χ2n) is 4.24. The standard InChI is InChI=1S/C14H20N2O6/c1-9(13(19)21-3)7-11(17)15-5-6-16-12(18)8-10(2)14(20)22-4/h1-2,5-8H2,3-4H3,(H,15,17)(H,16,18). The molecule has 0 spiro atoms. The van der Waals surface area contributed by atoms with Crippen molar-refractivity contribution in [1.29, 1.82) is 0 Å². The third kappa shape index (κ3) is 7.83. The van der Waals surface area contributed by atoms with Crippen molar-refractivity contribution in [3.63, 3.8) is 0 Å². The highest BCUT2D eigenvalue weighted by Gasteiger charge is 2.13. The topological polar surface area (TPSA) is 111 Å². The maximum absolute atomic E-state index is 11.5. The molecule has 0 aliphatic carbocycles. The van der Waals surface area contributed by atoms with Gasteiger partial charge < -0.3 is 20.1 Å². The van der Waals surface area contributed by atoms with E-state index >= 15 is 0 Å². The van der Waals surface area contributed by atoms with Crippen molar-refractivity contribution < 1.29 is 28.7 Å². The van der Waals surface area contributed by atoms with E-state index in [0.29, 0.717) is 0 Å². The number of hydrogen-bond donors (Lipinski definition) is 2. The van der Waals surface area contributed by atoms with Gasteiger partial charge in [0.15, 0.2) is 0 Å². The molecule has 0 rings (SSSR count). The number of hydrogen-bond acceptors (Lipinski definition) is 6. The van der Waals surface area contributed by atoms with Crippen LogP contribution in [0.1, 0.15) is 12.8 Å². The van der Waals surface area contributed by atoms with Crippen LogP contribution in [0.4, 0.5) is 0 Å². The molecule has 0 bridgehead atoms. The third-order valence-corrected chi connectivity index (χ3v) is 2.47. The molecule has 22 heavy (non-hydrogen) atoms. The Bertz CT molecular complexity index is 440. The van der Waals surface area contributed by atoms with E-state index in [4.69, 9.17) is 0 Å². The van der Waals surface area contributed by atoms with E-state index < -0.39 is 23.8 Å². The summed E-state index contributed by atoms with van der Waals surface area (Å²) < 4.78 is 8.83. The highest BCUT2D eigenvalue weighted by Crippen LogP contribution is 2.00. The van der Waals surface area contributed by atoms with E-state index in [1.165, 1.54) is 14.2 Å². The highest BCUT2D eigenvalue weighted by atomic mass is 16.5. The molecule has 0 aromatic heterocycles. The SMILES string of the molecule is C=C(CC(=O)NCCNC(=O)CC(=C)C(=O)OC)C(=O)OC. The Kier molecular flexibility index (Phi) is 8.92. The van der Waals surface area contributed by atoms with Crippen LogP contribution in [-0.2, 0) is 28.7 Å². The van der Waals surface area contributed by atoms with Crippen molar-refractivity contribution in [2.75, 3.05) is 27.3 Å². The van der Waals surface area contributed by atoms with Gasteiger partial charge in [0.2, 0.25) is 11.8 Å². The maximum Gasteiger partial charge on any atom is 0.333 e. The second kappa shape index (κ2) is 10.1. The number of methoxy groups -OCH3 is 2. The van der Waals surface area contributed by atoms with Gasteiger partial charge in [-0.25, -0.2) is 9.59 Å². The van der Waals surface area contributed by atoms with E-state index in [0.717, 1.165) is 0 Å². The molecule has 0 radical (unpaired) electrons. The van der Waals surface area contributed by atoms with E-state index in [9.17, 15) is 19.2 Å². The minimum absolute atomic E-state index is 0.0402. The van der Waals surface area contributed by atoms with E-state index in [2.05, 4.69) is 33.3 Å². The summed E-state index contributed by atoms with van der Waals surface area (Å²) >= 11 is 0. The van der Waals surface area contributed by atoms with Gasteiger partial charge in [-0.3, -0.25) is 9.59 Å². The molecular weight excluding hydrogens is 292 g/mol. The summed E-state index contributed by atoms with van der Waals surface area (Å²) in [6.45, 7) is 7.18. The molecule has 122 valence electrons. The molecule has 0 aliphatic heterocycles. The minimum atomic E-state index is -0.648. The van der Waals surface area contributed by atoms with E-state index in [-0.39, 0.29) is 37.1 Å². The first-order valence-electron chi connectivity index (χ1n) is 6.37. The number of carbonyl (C=O) groups excluding carboxylic acids is 4. The summed E-state index contributed by atoms with van der Waals surface area (Å²) in [5, 5.41) is 5.00. The smallest absolute Gasteiger partial charge is 0.333 e. The fourth-order valence-corrected chi connectivity index (χ4v) is 1.35. The van der Waals surface area contributed by atoms with Crippen LogP contribution in [0.3, 0.4) is 0 Å². The molecule has 2 N–H and O–H groups in total. The molecule has 0 saturated heterocycles. The van der Waals surface area contributed by atoms with Crippen LogP contribution in [-0.4, -0.2) is 51.1 Å². The first-order chi connectivity index (χ1) is 10.3. The molecule has 0 aromatic carbocycles. The fraction of sp³-hybridized carbons (Fsp3) is 0.429. The van der Waals surface area contributed by atoms with Gasteiger partial charge in [0, 0.05) is 24.2 Å². The summed E-state index contributed by atoms with van der Waals surface area (Å²) in [7, 11) is 2.40. The average Bonchev–Trinajstić information content (AvgIpc) is 2.49. The van der Waals surface area contributed by atoms with E-state index in [1.54, 1.807) is 0 Å². The largest absolute Gasteiger partial charge is 0.466 e. The lowest BCUT2D eigenvalue weighted by Crippen LogP contribution is -2.35. The molecule has 0 fully saturated rings. The predicted octanol–water partition coefficient (Wildman–Crippen LogP) is -0.543. The number of carbonyl (C=O) groups is 4. The third-order valence-electron chi connectivity index (χ3n) is 2.47. The number of esters is 2. The van der Waals surface area contributed by atoms with Crippen LogP contribution in [0.2, 0.25) is 0 Å². The average molecular weight is 312 g/mol. The molecular formula is C14H20N2O6. The quantitative estimate of drug-likeness (QED) is 0.336. The number of ether oxygens (including phenoxy) is 2. The van der Waals surface area contributed by atoms with Crippen molar-refractivity contribution in [3.8, 4) is 0 Å². The molecule has 0 heterocycles. The summed E-state index contributed by atoms with van der Waals surface area (Å²) in [6.07, 6.45) is -0.362. The second-order valence-corrected chi connectivity index (χ2v) is 4.24. The van der Waals surface area contributed by atoms with Crippen molar-refractivity contribution in [2.24, 2.45) is 0 Å². The van der Waals surface area contributed by atoms with Crippen LogP contribution in [0.25, 0.3) is 0 Å². The molecule has 8 nitrogen and oxygen atoms in total. The van der Waals surface area contributed by atoms with Crippen LogP contribution in [0.5, 0.6) is 0 Å². The van der Waals surface area contributed by atoms with Gasteiger partial charge in [0.05, 0.1) is 27.1 Å². The van der Waals surface area contributed by atoms with E-state index in [1.807, 2.05) is 0 Å². The lowest BCUT2D eigenvalue weighted by molar-refractivity contribution is -0.137. The van der Waals surface area contributed by atoms with Crippen molar-refractivity contribution in [1.82, 2.24) is 10.6 Å². The number of amides is 2. The van der Waals surface area contributed by atoms with Crippen molar-refractivity contribution in [3.05, 3.63) is 24.3 Å². The lowest BCUT2D eigenvalue weighted by Gasteiger charge is -2.08. The van der Waals surface area contributed by atoms with Gasteiger partial charge in [0.25, 0.3) is 0 Å². The van der Waals surface area contributed by atoms with Crippen molar-refractivity contribution >= 4 is 23.8 Å². The Morgan fingerprint density at radius 3 is 1.36 bits per heavy atom. The van der Waals surface area contributed by atoms with Gasteiger partial charge in [-0.05, 0) is 0 Å². The van der Waals surface area contributed by atoms with Gasteiger partial charge in [-0.1, -0.05) is 13.2 Å². The van der Waals surface area contributed by atoms with Crippen LogP contribution in [0.15, 0.2) is 24.3 Å². The molecule has 0 atom stereocenters. The van der Waals surface area contributed by atoms with Gasteiger partial charge in [-0.15, -0.1) is 0 Å². The Labute approximate surface area is 128 Å². The monoisotopic (exact) mass is 312 g/mol. The lowest BCUT2D eigenvalue weighted by atomic mass is 10.2. The highest BCUT2D eigenvalue weighted by molar-refractivity contribution is 5.95. The number of nitrogens with one attached hydrogen (secondary N) is 2. The van der Waals surface area contributed by atoms with Gasteiger partial charge >= 0.3 is 11.9 Å². The normalized spacial score (nSPS) is 9.36. The van der Waals surface area contributed by atoms with Crippen LogP contribution in [0, 0.1) is 0 Å². The molecule has 0 unspecified atom stereocenters. The molecule has 0 aliphatic rings. The molecule has 0 aromatic rings. The van der Waals surface area contributed by atoms with Gasteiger partial charge in [0.1, 0.15) is 0 Å². The van der Waals surface area contributed by atoms with Crippen molar-refractivity contribution in [2.45, 2.75) is 12.8 Å². The Morgan fingerprint density at radius 2 is 1.09 bits per heavy atom. The molecule has 0 saturated carbocycles. The summed E-state index contributed by atoms with van der Waals surface area (Å²) in [6, 6.07) is 0. The zero-order valence-electron chi connectivity index (χ0n) is 12.7. The number of rotatable bonds is 9. The first-order valence-corrected chi connectivity index (χ1v) is 6.37. The Morgan fingerprint density at radius 1 is 0.773 bits per heavy atom. The molecule has 8 heteroatoms. The first kappa shape index (κ1) is 19.4. The zero-order chi connectivity index (χ0) is 17.1. The van der Waals surface area contributed by atoms with Crippen LogP contribution >= 0.6 is 0 Å². The predicted molar refractivity (Wildman–Crippen MR) is 77.6 cm³/mol. The maximum atomic E-state index is 11.5. The Hall–Kier alpha value is -2.64. The Balaban J connectivity index is 3.89. The summed E-state index contributed by atoms with van der Waals surface area (Å²) in [4.78, 5) is 45.0. The fourth-order valence-electron chi connectivity index (χ4n) is 1.35. The van der Waals surface area contributed by atoms with Gasteiger partial charge in [-0.2, -0.15) is 0 Å².